The Morgan fingerprint density at radius 3 is 2.55 bits per heavy atom. The van der Waals surface area contributed by atoms with E-state index in [1.54, 1.807) is 6.07 Å². The van der Waals surface area contributed by atoms with Crippen molar-refractivity contribution >= 4 is 5.97 Å². The Morgan fingerprint density at radius 1 is 1.45 bits per heavy atom. The number of carbonyl (C=O) groups is 1. The summed E-state index contributed by atoms with van der Waals surface area (Å²) in [4.78, 5) is 11.6. The molecule has 2 atom stereocenters. The number of nitrogens with two attached hydrogens (primary N) is 1. The van der Waals surface area contributed by atoms with Crippen LogP contribution in [0.1, 0.15) is 23.5 Å². The Kier molecular flexibility index (Phi) is 3.44. The van der Waals surface area contributed by atoms with Crippen LogP contribution in [0.5, 0.6) is 0 Å². The zero-order valence-corrected chi connectivity index (χ0v) is 10.3. The van der Waals surface area contributed by atoms with Crippen molar-refractivity contribution in [3.63, 3.8) is 0 Å². The van der Waals surface area contributed by atoms with E-state index in [4.69, 9.17) is 11.0 Å². The highest BCUT2D eigenvalue weighted by atomic mass is 19.4. The summed E-state index contributed by atoms with van der Waals surface area (Å²) in [5, 5.41) is 8.32. The maximum absolute atomic E-state index is 12.4. The summed E-state index contributed by atoms with van der Waals surface area (Å²) >= 11 is 0. The molecule has 2 N–H and O–H groups in total. The number of hydrogen-bond donors (Lipinski definition) is 1. The highest BCUT2D eigenvalue weighted by Gasteiger charge is 2.59. The maximum Gasteiger partial charge on any atom is 0.416 e. The summed E-state index contributed by atoms with van der Waals surface area (Å²) in [5.74, 6) is -1.08. The molecule has 0 spiro atoms. The fourth-order valence-electron chi connectivity index (χ4n) is 2.06. The number of rotatable bonds is 3. The lowest BCUT2D eigenvalue weighted by atomic mass is 10.0. The number of benzene rings is 1. The number of ether oxygens (including phenoxy) is 1. The van der Waals surface area contributed by atoms with Crippen LogP contribution in [0.25, 0.3) is 0 Å². The lowest BCUT2D eigenvalue weighted by molar-refractivity contribution is -0.145. The maximum atomic E-state index is 12.4. The first-order chi connectivity index (χ1) is 9.29. The van der Waals surface area contributed by atoms with E-state index >= 15 is 0 Å². The van der Waals surface area contributed by atoms with Crippen molar-refractivity contribution in [2.45, 2.75) is 24.1 Å². The molecule has 0 amide bonds. The average Bonchev–Trinajstić information content (AvgIpc) is 3.09. The van der Waals surface area contributed by atoms with Crippen LogP contribution in [0.3, 0.4) is 0 Å². The van der Waals surface area contributed by atoms with Crippen LogP contribution in [0.2, 0.25) is 0 Å². The molecule has 0 radical (unpaired) electrons. The minimum atomic E-state index is -4.40. The molecule has 1 aliphatic carbocycles. The lowest BCUT2D eigenvalue weighted by Crippen LogP contribution is -2.36. The number of carbonyl (C=O) groups excluding carboxylic acids is 1. The normalized spacial score (nSPS) is 24.9. The topological polar surface area (TPSA) is 76.1 Å². The molecule has 0 bridgehead atoms. The Balaban J connectivity index is 2.08. The highest BCUT2D eigenvalue weighted by Crippen LogP contribution is 2.50. The van der Waals surface area contributed by atoms with Gasteiger partial charge in [-0.1, -0.05) is 12.1 Å². The van der Waals surface area contributed by atoms with Crippen LogP contribution in [0.4, 0.5) is 13.2 Å². The van der Waals surface area contributed by atoms with Gasteiger partial charge in [0.25, 0.3) is 0 Å². The predicted octanol–water partition coefficient (Wildman–Crippen LogP) is 1.96. The van der Waals surface area contributed by atoms with E-state index in [-0.39, 0.29) is 5.92 Å². The van der Waals surface area contributed by atoms with E-state index in [2.05, 4.69) is 4.74 Å². The van der Waals surface area contributed by atoms with Gasteiger partial charge in [0, 0.05) is 5.92 Å². The van der Waals surface area contributed by atoms with Crippen LogP contribution < -0.4 is 5.73 Å². The fraction of sp³-hybridized carbons (Fsp3) is 0.385. The smallest absolute Gasteiger partial charge is 0.416 e. The molecule has 7 heteroatoms. The molecule has 0 aliphatic heterocycles. The van der Waals surface area contributed by atoms with Gasteiger partial charge in [-0.25, -0.2) is 4.79 Å². The molecule has 1 saturated carbocycles. The number of hydrogen-bond acceptors (Lipinski definition) is 4. The summed E-state index contributed by atoms with van der Waals surface area (Å²) in [6.45, 7) is -0.391. The van der Waals surface area contributed by atoms with Gasteiger partial charge < -0.3 is 10.5 Å². The molecule has 4 nitrogen and oxygen atoms in total. The molecule has 2 rings (SSSR count). The second-order valence-corrected chi connectivity index (χ2v) is 4.65. The number of alkyl halides is 3. The van der Waals surface area contributed by atoms with E-state index in [9.17, 15) is 18.0 Å². The standard InChI is InChI=1S/C13H11F3N2O2/c14-13(15,16)9-3-1-8(2-4-9)10-7-12(10,18)11(19)20-6-5-17/h1-4,10H,6-7,18H2. The minimum absolute atomic E-state index is 0.294. The van der Waals surface area contributed by atoms with Crippen LogP contribution in [-0.2, 0) is 15.7 Å². The van der Waals surface area contributed by atoms with E-state index in [0.29, 0.717) is 12.0 Å². The number of esters is 1. The van der Waals surface area contributed by atoms with Gasteiger partial charge in [-0.2, -0.15) is 18.4 Å². The van der Waals surface area contributed by atoms with Gasteiger partial charge in [0.2, 0.25) is 0 Å². The van der Waals surface area contributed by atoms with Crippen molar-refractivity contribution in [2.75, 3.05) is 6.61 Å². The van der Waals surface area contributed by atoms with Gasteiger partial charge in [-0.15, -0.1) is 0 Å². The Labute approximate surface area is 112 Å². The molecular formula is C13H11F3N2O2. The second-order valence-electron chi connectivity index (χ2n) is 4.65. The number of halogens is 3. The third-order valence-electron chi connectivity index (χ3n) is 3.29. The first kappa shape index (κ1) is 14.3. The van der Waals surface area contributed by atoms with Crippen LogP contribution in [-0.4, -0.2) is 18.1 Å². The summed E-state index contributed by atoms with van der Waals surface area (Å²) < 4.78 is 41.9. The molecular weight excluding hydrogens is 273 g/mol. The molecule has 20 heavy (non-hydrogen) atoms. The van der Waals surface area contributed by atoms with Gasteiger partial charge in [0.15, 0.2) is 6.61 Å². The van der Waals surface area contributed by atoms with Gasteiger partial charge in [0.05, 0.1) is 5.56 Å². The third kappa shape index (κ3) is 2.60. The summed E-state index contributed by atoms with van der Waals surface area (Å²) in [5.41, 5.74) is 4.38. The van der Waals surface area contributed by atoms with Crippen molar-refractivity contribution in [1.82, 2.24) is 0 Å². The first-order valence-electron chi connectivity index (χ1n) is 5.79. The third-order valence-corrected chi connectivity index (χ3v) is 3.29. The molecule has 0 aromatic heterocycles. The summed E-state index contributed by atoms with van der Waals surface area (Å²) in [7, 11) is 0. The second kappa shape index (κ2) is 4.80. The largest absolute Gasteiger partial charge is 0.449 e. The van der Waals surface area contributed by atoms with E-state index in [1.165, 1.54) is 12.1 Å². The van der Waals surface area contributed by atoms with Crippen LogP contribution >= 0.6 is 0 Å². The van der Waals surface area contributed by atoms with Crippen molar-refractivity contribution in [2.24, 2.45) is 5.73 Å². The average molecular weight is 284 g/mol. The Morgan fingerprint density at radius 2 is 2.05 bits per heavy atom. The van der Waals surface area contributed by atoms with E-state index in [0.717, 1.165) is 12.1 Å². The summed E-state index contributed by atoms with van der Waals surface area (Å²) in [6, 6.07) is 6.17. The van der Waals surface area contributed by atoms with Crippen LogP contribution in [0, 0.1) is 11.3 Å². The van der Waals surface area contributed by atoms with Gasteiger partial charge in [-0.05, 0) is 24.1 Å². The Bertz CT molecular complexity index is 562. The first-order valence-corrected chi connectivity index (χ1v) is 5.79. The molecule has 1 aromatic rings. The molecule has 1 fully saturated rings. The van der Waals surface area contributed by atoms with Crippen LogP contribution in [0.15, 0.2) is 24.3 Å². The van der Waals surface area contributed by atoms with Crippen molar-refractivity contribution < 1.29 is 22.7 Å². The monoisotopic (exact) mass is 284 g/mol. The molecule has 0 heterocycles. The molecule has 1 aliphatic rings. The SMILES string of the molecule is N#CCOC(=O)C1(N)CC1c1ccc(C(F)(F)F)cc1. The van der Waals surface area contributed by atoms with Gasteiger partial charge in [0.1, 0.15) is 11.6 Å². The van der Waals surface area contributed by atoms with Crippen molar-refractivity contribution in [1.29, 1.82) is 5.26 Å². The van der Waals surface area contributed by atoms with Crippen molar-refractivity contribution in [3.05, 3.63) is 35.4 Å². The lowest BCUT2D eigenvalue weighted by Gasteiger charge is -2.11. The number of nitrogens with zero attached hydrogens (tertiary/aromatic N) is 1. The Hall–Kier alpha value is -2.07. The molecule has 1 aromatic carbocycles. The molecule has 2 unspecified atom stereocenters. The van der Waals surface area contributed by atoms with Gasteiger partial charge in [-0.3, -0.25) is 0 Å². The quantitative estimate of drug-likeness (QED) is 0.861. The minimum Gasteiger partial charge on any atom is -0.449 e. The van der Waals surface area contributed by atoms with E-state index < -0.39 is 29.9 Å². The predicted molar refractivity (Wildman–Crippen MR) is 62.3 cm³/mol. The summed E-state index contributed by atoms with van der Waals surface area (Å²) in [6.07, 6.45) is -4.10. The highest BCUT2D eigenvalue weighted by molar-refractivity contribution is 5.86. The van der Waals surface area contributed by atoms with Gasteiger partial charge >= 0.3 is 12.1 Å². The zero-order chi connectivity index (χ0) is 15.0. The van der Waals surface area contributed by atoms with Crippen molar-refractivity contribution in [3.8, 4) is 6.07 Å². The zero-order valence-electron chi connectivity index (χ0n) is 10.3. The number of nitriles is 1. The fourth-order valence-corrected chi connectivity index (χ4v) is 2.06. The van der Waals surface area contributed by atoms with E-state index in [1.807, 2.05) is 0 Å². The molecule has 106 valence electrons. The molecule has 0 saturated heterocycles.